The van der Waals surface area contributed by atoms with E-state index >= 15 is 0 Å². The first kappa shape index (κ1) is 15.0. The lowest BCUT2D eigenvalue weighted by Crippen LogP contribution is -2.16. The first-order valence-corrected chi connectivity index (χ1v) is 5.80. The number of hydrogen-bond acceptors (Lipinski definition) is 3. The SMILES string of the molecule is COc1ccc(Cl)cc1NC(=O)/C(C)=C(/C)C(=O)O. The van der Waals surface area contributed by atoms with E-state index in [1.807, 2.05) is 0 Å². The van der Waals surface area contributed by atoms with Crippen LogP contribution in [0.25, 0.3) is 0 Å². The van der Waals surface area contributed by atoms with Crippen molar-refractivity contribution in [2.45, 2.75) is 13.8 Å². The third kappa shape index (κ3) is 3.72. The standard InChI is InChI=1S/C13H14ClNO4/c1-7(8(2)13(17)18)12(16)15-10-6-9(14)4-5-11(10)19-3/h4-6H,1-3H3,(H,15,16)(H,17,18)/b8-7-. The summed E-state index contributed by atoms with van der Waals surface area (Å²) in [7, 11) is 1.46. The number of anilines is 1. The number of nitrogens with one attached hydrogen (secondary N) is 1. The number of rotatable bonds is 4. The Labute approximate surface area is 115 Å². The molecule has 102 valence electrons. The first-order chi connectivity index (χ1) is 8.86. The average Bonchev–Trinajstić information content (AvgIpc) is 2.37. The van der Waals surface area contributed by atoms with Crippen molar-refractivity contribution in [1.82, 2.24) is 0 Å². The van der Waals surface area contributed by atoms with Crippen LogP contribution in [-0.2, 0) is 9.59 Å². The maximum Gasteiger partial charge on any atom is 0.331 e. The van der Waals surface area contributed by atoms with Gasteiger partial charge < -0.3 is 15.2 Å². The lowest BCUT2D eigenvalue weighted by atomic mass is 10.1. The second kappa shape index (κ2) is 6.24. The van der Waals surface area contributed by atoms with E-state index in [0.29, 0.717) is 16.5 Å². The number of amides is 1. The summed E-state index contributed by atoms with van der Waals surface area (Å²) in [6, 6.07) is 4.77. The van der Waals surface area contributed by atoms with Gasteiger partial charge in [-0.25, -0.2) is 4.79 Å². The topological polar surface area (TPSA) is 75.6 Å². The second-order valence-corrected chi connectivity index (χ2v) is 4.29. The van der Waals surface area contributed by atoms with Gasteiger partial charge in [0.2, 0.25) is 0 Å². The van der Waals surface area contributed by atoms with Crippen molar-refractivity contribution in [1.29, 1.82) is 0 Å². The van der Waals surface area contributed by atoms with Gasteiger partial charge in [-0.2, -0.15) is 0 Å². The Morgan fingerprint density at radius 1 is 1.26 bits per heavy atom. The molecular formula is C13H14ClNO4. The molecule has 0 spiro atoms. The van der Waals surface area contributed by atoms with Crippen LogP contribution in [0.1, 0.15) is 13.8 Å². The molecule has 0 saturated carbocycles. The van der Waals surface area contributed by atoms with Crippen LogP contribution in [0.5, 0.6) is 5.75 Å². The fraction of sp³-hybridized carbons (Fsp3) is 0.231. The zero-order valence-corrected chi connectivity index (χ0v) is 11.5. The summed E-state index contributed by atoms with van der Waals surface area (Å²) in [5.74, 6) is -1.20. The maximum absolute atomic E-state index is 11.9. The van der Waals surface area contributed by atoms with Crippen LogP contribution >= 0.6 is 11.6 Å². The third-order valence-electron chi connectivity index (χ3n) is 2.63. The smallest absolute Gasteiger partial charge is 0.331 e. The van der Waals surface area contributed by atoms with Crippen LogP contribution in [0, 0.1) is 0 Å². The molecule has 1 aromatic rings. The highest BCUT2D eigenvalue weighted by Gasteiger charge is 2.14. The van der Waals surface area contributed by atoms with Crippen molar-refractivity contribution in [3.63, 3.8) is 0 Å². The molecule has 1 rings (SSSR count). The van der Waals surface area contributed by atoms with Crippen LogP contribution in [0.4, 0.5) is 5.69 Å². The van der Waals surface area contributed by atoms with Gasteiger partial charge in [-0.3, -0.25) is 4.79 Å². The largest absolute Gasteiger partial charge is 0.495 e. The minimum absolute atomic E-state index is 0.0153. The van der Waals surface area contributed by atoms with Crippen LogP contribution in [0.15, 0.2) is 29.3 Å². The molecule has 0 radical (unpaired) electrons. The van der Waals surface area contributed by atoms with Crippen molar-refractivity contribution < 1.29 is 19.4 Å². The van der Waals surface area contributed by atoms with Crippen molar-refractivity contribution in [3.8, 4) is 5.75 Å². The number of aliphatic carboxylic acids is 1. The van der Waals surface area contributed by atoms with Gasteiger partial charge in [-0.15, -0.1) is 0 Å². The number of carboxylic acid groups (broad SMARTS) is 1. The number of hydrogen-bond donors (Lipinski definition) is 2. The highest BCUT2D eigenvalue weighted by atomic mass is 35.5. The van der Waals surface area contributed by atoms with E-state index in [9.17, 15) is 9.59 Å². The molecule has 0 fully saturated rings. The van der Waals surface area contributed by atoms with Crippen LogP contribution in [-0.4, -0.2) is 24.1 Å². The molecule has 0 unspecified atom stereocenters. The lowest BCUT2D eigenvalue weighted by molar-refractivity contribution is -0.133. The van der Waals surface area contributed by atoms with Crippen LogP contribution in [0.2, 0.25) is 5.02 Å². The van der Waals surface area contributed by atoms with Gasteiger partial charge in [0.15, 0.2) is 0 Å². The van der Waals surface area contributed by atoms with E-state index in [0.717, 1.165) is 0 Å². The molecular weight excluding hydrogens is 270 g/mol. The number of methoxy groups -OCH3 is 1. The molecule has 0 atom stereocenters. The highest BCUT2D eigenvalue weighted by Crippen LogP contribution is 2.28. The third-order valence-corrected chi connectivity index (χ3v) is 2.87. The van der Waals surface area contributed by atoms with Gasteiger partial charge in [0, 0.05) is 16.2 Å². The fourth-order valence-corrected chi connectivity index (χ4v) is 1.50. The van der Waals surface area contributed by atoms with Gasteiger partial charge >= 0.3 is 5.97 Å². The molecule has 19 heavy (non-hydrogen) atoms. The number of halogens is 1. The van der Waals surface area contributed by atoms with E-state index < -0.39 is 11.9 Å². The zero-order chi connectivity index (χ0) is 14.6. The van der Waals surface area contributed by atoms with Crippen LogP contribution in [0.3, 0.4) is 0 Å². The zero-order valence-electron chi connectivity index (χ0n) is 10.8. The summed E-state index contributed by atoms with van der Waals surface area (Å²) in [5, 5.41) is 11.8. The normalized spacial score (nSPS) is 11.6. The van der Waals surface area contributed by atoms with E-state index in [1.165, 1.54) is 27.0 Å². The fourth-order valence-electron chi connectivity index (χ4n) is 1.32. The van der Waals surface area contributed by atoms with Crippen molar-refractivity contribution in [2.24, 2.45) is 0 Å². The minimum atomic E-state index is -1.13. The second-order valence-electron chi connectivity index (χ2n) is 3.85. The molecule has 0 aliphatic heterocycles. The molecule has 0 heterocycles. The molecule has 5 nitrogen and oxygen atoms in total. The Balaban J connectivity index is 3.03. The molecule has 0 aliphatic rings. The van der Waals surface area contributed by atoms with Gasteiger partial charge in [-0.05, 0) is 32.0 Å². The van der Waals surface area contributed by atoms with E-state index in [2.05, 4.69) is 5.32 Å². The summed E-state index contributed by atoms with van der Waals surface area (Å²) in [4.78, 5) is 22.7. The van der Waals surface area contributed by atoms with Crippen LogP contribution < -0.4 is 10.1 Å². The highest BCUT2D eigenvalue weighted by molar-refractivity contribution is 6.31. The predicted octanol–water partition coefficient (Wildman–Crippen LogP) is 2.71. The molecule has 1 aromatic carbocycles. The molecule has 1 amide bonds. The van der Waals surface area contributed by atoms with E-state index in [-0.39, 0.29) is 11.1 Å². The molecule has 2 N–H and O–H groups in total. The Morgan fingerprint density at radius 3 is 2.42 bits per heavy atom. The molecule has 0 aromatic heterocycles. The Bertz CT molecular complexity index is 552. The maximum atomic E-state index is 11.9. The van der Waals surface area contributed by atoms with Crippen molar-refractivity contribution >= 4 is 29.2 Å². The number of carboxylic acids is 1. The van der Waals surface area contributed by atoms with E-state index in [1.54, 1.807) is 12.1 Å². The van der Waals surface area contributed by atoms with Crippen molar-refractivity contribution in [3.05, 3.63) is 34.4 Å². The summed E-state index contributed by atoms with van der Waals surface area (Å²) in [5.41, 5.74) is 0.491. The summed E-state index contributed by atoms with van der Waals surface area (Å²) >= 11 is 5.84. The van der Waals surface area contributed by atoms with E-state index in [4.69, 9.17) is 21.4 Å². The molecule has 0 bridgehead atoms. The molecule has 0 aliphatic carbocycles. The van der Waals surface area contributed by atoms with Gasteiger partial charge in [0.1, 0.15) is 5.75 Å². The number of ether oxygens (including phenoxy) is 1. The first-order valence-electron chi connectivity index (χ1n) is 5.42. The number of benzene rings is 1. The lowest BCUT2D eigenvalue weighted by Gasteiger charge is -2.11. The summed E-state index contributed by atoms with van der Waals surface area (Å²) in [6.07, 6.45) is 0. The Hall–Kier alpha value is -2.01. The molecule has 0 saturated heterocycles. The van der Waals surface area contributed by atoms with Gasteiger partial charge in [0.05, 0.1) is 12.8 Å². The number of carbonyl (C=O) groups is 2. The predicted molar refractivity (Wildman–Crippen MR) is 72.6 cm³/mol. The van der Waals surface area contributed by atoms with Crippen molar-refractivity contribution in [2.75, 3.05) is 12.4 Å². The number of carbonyl (C=O) groups excluding carboxylic acids is 1. The van der Waals surface area contributed by atoms with Gasteiger partial charge in [0.25, 0.3) is 5.91 Å². The minimum Gasteiger partial charge on any atom is -0.495 e. The Kier molecular flexibility index (Phi) is 4.94. The molecule has 6 heteroatoms. The summed E-state index contributed by atoms with van der Waals surface area (Å²) < 4.78 is 5.08. The average molecular weight is 284 g/mol. The van der Waals surface area contributed by atoms with Gasteiger partial charge in [-0.1, -0.05) is 11.6 Å². The Morgan fingerprint density at radius 2 is 1.89 bits per heavy atom. The quantitative estimate of drug-likeness (QED) is 0.833. The summed E-state index contributed by atoms with van der Waals surface area (Å²) in [6.45, 7) is 2.81. The monoisotopic (exact) mass is 283 g/mol.